The number of carboxylic acid groups (broad SMARTS) is 1. The second-order valence-corrected chi connectivity index (χ2v) is 22.7. The van der Waals surface area contributed by atoms with Crippen molar-refractivity contribution >= 4 is 17.9 Å². The number of nitrogens with zero attached hydrogens (tertiary/aromatic N) is 1. The van der Waals surface area contributed by atoms with Crippen LogP contribution in [-0.2, 0) is 33.3 Å². The lowest BCUT2D eigenvalue weighted by atomic mass is 10.0. The lowest BCUT2D eigenvalue weighted by molar-refractivity contribution is -0.870. The lowest BCUT2D eigenvalue weighted by Gasteiger charge is -2.26. The average molecular weight is 1040 g/mol. The van der Waals surface area contributed by atoms with Gasteiger partial charge in [-0.3, -0.25) is 9.59 Å². The Kier molecular flexibility index (Phi) is 54.8. The molecule has 0 amide bonds. The molecule has 0 fully saturated rings. The van der Waals surface area contributed by atoms with Crippen molar-refractivity contribution in [1.29, 1.82) is 0 Å². The summed E-state index contributed by atoms with van der Waals surface area (Å²) in [5.41, 5.74) is 0. The van der Waals surface area contributed by atoms with Crippen molar-refractivity contribution in [3.63, 3.8) is 0 Å². The Balaban J connectivity index is 4.07. The van der Waals surface area contributed by atoms with Gasteiger partial charge in [0.15, 0.2) is 12.4 Å². The predicted molar refractivity (Wildman–Crippen MR) is 311 cm³/mol. The minimum Gasteiger partial charge on any atom is -0.545 e. The monoisotopic (exact) mass is 1040 g/mol. The summed E-state index contributed by atoms with van der Waals surface area (Å²) < 4.78 is 22.7. The number of likely N-dealkylation sites (N-methyl/N-ethyl adjacent to an activating group) is 1. The van der Waals surface area contributed by atoms with Crippen LogP contribution >= 0.6 is 0 Å². The summed E-state index contributed by atoms with van der Waals surface area (Å²) in [6.07, 6.45) is 66.4. The number of hydrogen-bond acceptors (Lipinski definition) is 8. The van der Waals surface area contributed by atoms with E-state index in [4.69, 9.17) is 18.9 Å². The van der Waals surface area contributed by atoms with Crippen LogP contribution in [0.4, 0.5) is 0 Å². The van der Waals surface area contributed by atoms with E-state index >= 15 is 0 Å². The van der Waals surface area contributed by atoms with E-state index in [2.05, 4.69) is 50.3 Å². The number of hydrogen-bond donors (Lipinski definition) is 0. The molecule has 0 aromatic carbocycles. The van der Waals surface area contributed by atoms with Gasteiger partial charge in [-0.05, 0) is 51.4 Å². The van der Waals surface area contributed by atoms with Crippen molar-refractivity contribution in [3.8, 4) is 0 Å². The van der Waals surface area contributed by atoms with E-state index in [1.807, 2.05) is 21.1 Å². The highest BCUT2D eigenvalue weighted by atomic mass is 16.7. The normalized spacial score (nSPS) is 12.9. The van der Waals surface area contributed by atoms with Crippen LogP contribution in [0, 0.1) is 0 Å². The summed E-state index contributed by atoms with van der Waals surface area (Å²) in [4.78, 5) is 37.3. The van der Waals surface area contributed by atoms with Gasteiger partial charge in [0.1, 0.15) is 13.2 Å². The first kappa shape index (κ1) is 71.5. The third-order valence-corrected chi connectivity index (χ3v) is 14.1. The highest BCUT2D eigenvalue weighted by molar-refractivity contribution is 5.70. The average Bonchev–Trinajstić information content (AvgIpc) is 3.37. The fourth-order valence-corrected chi connectivity index (χ4v) is 9.25. The highest BCUT2D eigenvalue weighted by Crippen LogP contribution is 2.18. The van der Waals surface area contributed by atoms with Crippen molar-refractivity contribution in [3.05, 3.63) is 36.5 Å². The molecule has 2 unspecified atom stereocenters. The van der Waals surface area contributed by atoms with Crippen molar-refractivity contribution in [2.24, 2.45) is 0 Å². The Hall–Kier alpha value is -2.49. The standard InChI is InChI=1S/C65H121NO8/c1-6-8-10-12-14-16-18-20-22-24-25-26-27-28-29-30-31-32-33-34-35-36-37-38-39-40-42-44-46-48-50-52-54-56-63(68)74-61(60-73-65(64(69)70)71-58-57-66(3,4)5)59-72-62(67)55-53-51-49-47-45-43-41-23-21-19-17-15-13-11-9-7-2/h18,20,24-25,27-28,61,65H,6-17,19,21-23,26,29-60H2,1-5H3/b20-18-,25-24-,28-27-. The molecule has 0 bridgehead atoms. The Morgan fingerprint density at radius 1 is 0.405 bits per heavy atom. The Morgan fingerprint density at radius 3 is 1.08 bits per heavy atom. The maximum absolute atomic E-state index is 12.9. The van der Waals surface area contributed by atoms with Crippen LogP contribution in [0.2, 0.25) is 0 Å². The molecule has 0 saturated carbocycles. The number of quaternary nitrogens is 1. The molecule has 0 aromatic rings. The minimum atomic E-state index is -1.62. The van der Waals surface area contributed by atoms with Crippen molar-refractivity contribution in [2.75, 3.05) is 47.5 Å². The molecule has 9 nitrogen and oxygen atoms in total. The second kappa shape index (κ2) is 56.7. The number of allylic oxidation sites excluding steroid dienone is 6. The van der Waals surface area contributed by atoms with Gasteiger partial charge < -0.3 is 33.3 Å². The molecule has 0 radical (unpaired) electrons. The molecule has 9 heteroatoms. The summed E-state index contributed by atoms with van der Waals surface area (Å²) in [5.74, 6) is -2.26. The maximum Gasteiger partial charge on any atom is 0.306 e. The smallest absolute Gasteiger partial charge is 0.306 e. The molecule has 0 spiro atoms. The zero-order valence-electron chi connectivity index (χ0n) is 49.5. The van der Waals surface area contributed by atoms with E-state index in [0.717, 1.165) is 51.4 Å². The molecule has 434 valence electrons. The molecule has 0 aromatic heterocycles. The van der Waals surface area contributed by atoms with Crippen molar-refractivity contribution in [1.82, 2.24) is 0 Å². The summed E-state index contributed by atoms with van der Waals surface area (Å²) in [6, 6.07) is 0. The van der Waals surface area contributed by atoms with Gasteiger partial charge in [-0.15, -0.1) is 0 Å². The molecule has 0 N–H and O–H groups in total. The van der Waals surface area contributed by atoms with Crippen LogP contribution in [-0.4, -0.2) is 82.3 Å². The summed E-state index contributed by atoms with van der Waals surface area (Å²) in [6.45, 7) is 4.78. The number of carbonyl (C=O) groups is 3. The van der Waals surface area contributed by atoms with E-state index in [0.29, 0.717) is 17.4 Å². The first-order chi connectivity index (χ1) is 36.1. The first-order valence-electron chi connectivity index (χ1n) is 31.6. The Morgan fingerprint density at radius 2 is 0.730 bits per heavy atom. The van der Waals surface area contributed by atoms with E-state index < -0.39 is 24.3 Å². The number of carbonyl (C=O) groups excluding carboxylic acids is 3. The predicted octanol–water partition coefficient (Wildman–Crippen LogP) is 17.5. The molecule has 2 atom stereocenters. The molecule has 0 heterocycles. The van der Waals surface area contributed by atoms with E-state index in [1.165, 1.54) is 225 Å². The summed E-state index contributed by atoms with van der Waals surface area (Å²) >= 11 is 0. The van der Waals surface area contributed by atoms with E-state index in [1.54, 1.807) is 0 Å². The fourth-order valence-electron chi connectivity index (χ4n) is 9.25. The number of carboxylic acids is 1. The lowest BCUT2D eigenvalue weighted by Crippen LogP contribution is -2.44. The SMILES string of the molecule is CCCCCCC/C=C\C/C=C\C/C=C\CCCCCCCCCCCCCCCCCCCCC(=O)OC(COC(=O)CCCCCCCCCCCCCCCCCC)COC(OCC[N+](C)(C)C)C(=O)[O-]. The minimum absolute atomic E-state index is 0.151. The van der Waals surface area contributed by atoms with Crippen LogP contribution < -0.4 is 5.11 Å². The molecule has 74 heavy (non-hydrogen) atoms. The molecular weight excluding hydrogens is 923 g/mol. The molecule has 0 rings (SSSR count). The van der Waals surface area contributed by atoms with E-state index in [-0.39, 0.29) is 32.2 Å². The Labute approximate surface area is 458 Å². The van der Waals surface area contributed by atoms with Gasteiger partial charge >= 0.3 is 11.9 Å². The molecule has 0 aliphatic rings. The third-order valence-electron chi connectivity index (χ3n) is 14.1. The summed E-state index contributed by atoms with van der Waals surface area (Å²) in [7, 11) is 5.93. The second-order valence-electron chi connectivity index (χ2n) is 22.7. The number of esters is 2. The van der Waals surface area contributed by atoms with Gasteiger partial charge in [-0.25, -0.2) is 0 Å². The molecule has 0 aliphatic heterocycles. The quantitative estimate of drug-likeness (QED) is 0.0195. The van der Waals surface area contributed by atoms with Gasteiger partial charge in [0, 0.05) is 12.8 Å². The third kappa shape index (κ3) is 57.2. The molecular formula is C65H121NO8. The van der Waals surface area contributed by atoms with Crippen molar-refractivity contribution < 1.29 is 42.9 Å². The van der Waals surface area contributed by atoms with Gasteiger partial charge in [0.25, 0.3) is 0 Å². The van der Waals surface area contributed by atoms with Gasteiger partial charge in [-0.2, -0.15) is 0 Å². The zero-order valence-corrected chi connectivity index (χ0v) is 49.5. The largest absolute Gasteiger partial charge is 0.545 e. The van der Waals surface area contributed by atoms with Crippen LogP contribution in [0.15, 0.2) is 36.5 Å². The van der Waals surface area contributed by atoms with Crippen LogP contribution in [0.5, 0.6) is 0 Å². The topological polar surface area (TPSA) is 111 Å². The van der Waals surface area contributed by atoms with Crippen LogP contribution in [0.1, 0.15) is 303 Å². The van der Waals surface area contributed by atoms with Crippen molar-refractivity contribution in [2.45, 2.75) is 315 Å². The van der Waals surface area contributed by atoms with Gasteiger partial charge in [-0.1, -0.05) is 275 Å². The van der Waals surface area contributed by atoms with Crippen LogP contribution in [0.3, 0.4) is 0 Å². The fraction of sp³-hybridized carbons (Fsp3) is 0.862. The molecule has 0 saturated heterocycles. The maximum atomic E-state index is 12.9. The number of rotatable bonds is 59. The van der Waals surface area contributed by atoms with Crippen LogP contribution in [0.25, 0.3) is 0 Å². The number of unbranched alkanes of at least 4 members (excludes halogenated alkanes) is 38. The number of ether oxygens (including phenoxy) is 4. The summed E-state index contributed by atoms with van der Waals surface area (Å²) in [5, 5.41) is 11.8. The van der Waals surface area contributed by atoms with Gasteiger partial charge in [0.05, 0.1) is 40.3 Å². The van der Waals surface area contributed by atoms with Gasteiger partial charge in [0.2, 0.25) is 0 Å². The zero-order chi connectivity index (χ0) is 54.1. The van der Waals surface area contributed by atoms with E-state index in [9.17, 15) is 19.5 Å². The first-order valence-corrected chi connectivity index (χ1v) is 31.6. The molecule has 0 aliphatic carbocycles. The number of aliphatic carboxylic acids is 1. The highest BCUT2D eigenvalue weighted by Gasteiger charge is 2.22. The Bertz CT molecular complexity index is 1310.